The monoisotopic (exact) mass is 332 g/mol. The number of halogens is 2. The van der Waals surface area contributed by atoms with E-state index in [4.69, 9.17) is 0 Å². The summed E-state index contributed by atoms with van der Waals surface area (Å²) in [4.78, 5) is 12.2. The van der Waals surface area contributed by atoms with Crippen LogP contribution in [-0.2, 0) is 6.42 Å². The molecule has 0 saturated carbocycles. The number of hydrogen-bond donors (Lipinski definition) is 3. The number of amides is 2. The molecule has 0 aromatic heterocycles. The quantitative estimate of drug-likeness (QED) is 0.809. The van der Waals surface area contributed by atoms with Crippen molar-refractivity contribution < 1.29 is 18.7 Å². The number of hydrogen-bond acceptors (Lipinski definition) is 2. The molecule has 0 saturated heterocycles. The number of aliphatic hydroxyl groups excluding tert-OH is 1. The van der Waals surface area contributed by atoms with E-state index in [1.165, 1.54) is 6.07 Å². The Hall–Kier alpha value is -2.47. The second kappa shape index (κ2) is 6.57. The highest BCUT2D eigenvalue weighted by molar-refractivity contribution is 5.75. The predicted molar refractivity (Wildman–Crippen MR) is 85.3 cm³/mol. The normalized spacial score (nSPS) is 20.3. The van der Waals surface area contributed by atoms with Crippen LogP contribution in [0.2, 0.25) is 0 Å². The summed E-state index contributed by atoms with van der Waals surface area (Å²) < 4.78 is 26.7. The molecular formula is C18H18F2N2O2. The van der Waals surface area contributed by atoms with Crippen LogP contribution in [0.25, 0.3) is 0 Å². The lowest BCUT2D eigenvalue weighted by Gasteiger charge is -2.21. The van der Waals surface area contributed by atoms with Gasteiger partial charge in [-0.1, -0.05) is 30.3 Å². The van der Waals surface area contributed by atoms with Gasteiger partial charge in [-0.05, 0) is 24.1 Å². The Bertz CT molecular complexity index is 766. The van der Waals surface area contributed by atoms with Gasteiger partial charge in [0.05, 0.1) is 18.2 Å². The van der Waals surface area contributed by atoms with Crippen LogP contribution in [0.3, 0.4) is 0 Å². The number of urea groups is 1. The van der Waals surface area contributed by atoms with Gasteiger partial charge in [-0.3, -0.25) is 0 Å². The van der Waals surface area contributed by atoms with Crippen LogP contribution in [0.4, 0.5) is 13.6 Å². The summed E-state index contributed by atoms with van der Waals surface area (Å²) in [6.07, 6.45) is -0.227. The van der Waals surface area contributed by atoms with E-state index in [1.807, 2.05) is 24.3 Å². The molecule has 0 radical (unpaired) electrons. The third-order valence-corrected chi connectivity index (χ3v) is 4.27. The second-order valence-corrected chi connectivity index (χ2v) is 5.95. The standard InChI is InChI=1S/C18H18F2N2O2/c1-10(13-7-6-12(19)9-15(13)20)21-18(24)22-17-14-5-3-2-4-11(14)8-16(17)23/h2-7,9-10,16-17,23H,8H2,1H3,(H2,21,22,24)/t10?,16-,17+/m1/s1. The van der Waals surface area contributed by atoms with E-state index >= 15 is 0 Å². The number of rotatable bonds is 3. The van der Waals surface area contributed by atoms with Crippen molar-refractivity contribution in [2.75, 3.05) is 0 Å². The van der Waals surface area contributed by atoms with Crippen molar-refractivity contribution in [1.29, 1.82) is 0 Å². The van der Waals surface area contributed by atoms with Crippen LogP contribution in [0.1, 0.15) is 35.7 Å². The van der Waals surface area contributed by atoms with Gasteiger partial charge in [0.1, 0.15) is 11.6 Å². The van der Waals surface area contributed by atoms with E-state index in [1.54, 1.807) is 6.92 Å². The predicted octanol–water partition coefficient (Wildman–Crippen LogP) is 2.98. The molecule has 3 atom stereocenters. The molecule has 126 valence electrons. The largest absolute Gasteiger partial charge is 0.390 e. The van der Waals surface area contributed by atoms with Crippen LogP contribution >= 0.6 is 0 Å². The molecule has 24 heavy (non-hydrogen) atoms. The molecule has 2 aromatic rings. The van der Waals surface area contributed by atoms with Gasteiger partial charge in [0, 0.05) is 18.1 Å². The molecule has 2 amide bonds. The molecule has 0 aliphatic heterocycles. The van der Waals surface area contributed by atoms with E-state index in [0.29, 0.717) is 6.42 Å². The lowest BCUT2D eigenvalue weighted by atomic mass is 10.1. The number of carbonyl (C=O) groups is 1. The van der Waals surface area contributed by atoms with Gasteiger partial charge in [0.25, 0.3) is 0 Å². The molecule has 6 heteroatoms. The average molecular weight is 332 g/mol. The number of aliphatic hydroxyl groups is 1. The van der Waals surface area contributed by atoms with Gasteiger partial charge in [-0.15, -0.1) is 0 Å². The van der Waals surface area contributed by atoms with Crippen LogP contribution in [-0.4, -0.2) is 17.2 Å². The first-order valence-electron chi connectivity index (χ1n) is 7.73. The smallest absolute Gasteiger partial charge is 0.315 e. The summed E-state index contributed by atoms with van der Waals surface area (Å²) in [5.74, 6) is -1.38. The summed E-state index contributed by atoms with van der Waals surface area (Å²) in [6.45, 7) is 1.61. The molecule has 0 fully saturated rings. The summed E-state index contributed by atoms with van der Waals surface area (Å²) in [7, 11) is 0. The first-order chi connectivity index (χ1) is 11.5. The Morgan fingerprint density at radius 3 is 2.75 bits per heavy atom. The molecule has 0 bridgehead atoms. The molecule has 0 spiro atoms. The lowest BCUT2D eigenvalue weighted by molar-refractivity contribution is 0.142. The Morgan fingerprint density at radius 2 is 2.00 bits per heavy atom. The highest BCUT2D eigenvalue weighted by atomic mass is 19.1. The van der Waals surface area contributed by atoms with Crippen molar-refractivity contribution in [2.24, 2.45) is 0 Å². The van der Waals surface area contributed by atoms with Crippen molar-refractivity contribution in [2.45, 2.75) is 31.5 Å². The van der Waals surface area contributed by atoms with Gasteiger partial charge in [0.15, 0.2) is 0 Å². The van der Waals surface area contributed by atoms with Gasteiger partial charge < -0.3 is 15.7 Å². The van der Waals surface area contributed by atoms with Crippen LogP contribution in [0, 0.1) is 11.6 Å². The van der Waals surface area contributed by atoms with Crippen LogP contribution in [0.5, 0.6) is 0 Å². The number of carbonyl (C=O) groups excluding carboxylic acids is 1. The molecule has 4 nitrogen and oxygen atoms in total. The first kappa shape index (κ1) is 16.4. The summed E-state index contributed by atoms with van der Waals surface area (Å²) in [6, 6.07) is 9.06. The van der Waals surface area contributed by atoms with E-state index in [9.17, 15) is 18.7 Å². The third-order valence-electron chi connectivity index (χ3n) is 4.27. The minimum Gasteiger partial charge on any atom is -0.390 e. The average Bonchev–Trinajstić information content (AvgIpc) is 2.83. The lowest BCUT2D eigenvalue weighted by Crippen LogP contribution is -2.42. The van der Waals surface area contributed by atoms with Crippen LogP contribution < -0.4 is 10.6 Å². The molecule has 2 aromatic carbocycles. The van der Waals surface area contributed by atoms with Gasteiger partial charge in [-0.2, -0.15) is 0 Å². The van der Waals surface area contributed by atoms with Crippen molar-refractivity contribution >= 4 is 6.03 Å². The highest BCUT2D eigenvalue weighted by Gasteiger charge is 2.32. The maximum absolute atomic E-state index is 13.8. The summed E-state index contributed by atoms with van der Waals surface area (Å²) >= 11 is 0. The summed E-state index contributed by atoms with van der Waals surface area (Å²) in [5, 5.41) is 15.5. The maximum Gasteiger partial charge on any atom is 0.315 e. The fraction of sp³-hybridized carbons (Fsp3) is 0.278. The number of fused-ring (bicyclic) bond motifs is 1. The first-order valence-corrected chi connectivity index (χ1v) is 7.73. The summed E-state index contributed by atoms with van der Waals surface area (Å²) in [5.41, 5.74) is 2.06. The van der Waals surface area contributed by atoms with Crippen molar-refractivity contribution in [1.82, 2.24) is 10.6 Å². The Balaban J connectivity index is 1.67. The zero-order chi connectivity index (χ0) is 17.3. The van der Waals surface area contributed by atoms with Gasteiger partial charge >= 0.3 is 6.03 Å². The number of benzene rings is 2. The molecule has 1 aliphatic carbocycles. The topological polar surface area (TPSA) is 61.4 Å². The van der Waals surface area contributed by atoms with E-state index in [2.05, 4.69) is 10.6 Å². The molecule has 3 N–H and O–H groups in total. The van der Waals surface area contributed by atoms with Crippen molar-refractivity contribution in [3.05, 3.63) is 70.8 Å². The molecule has 1 unspecified atom stereocenters. The fourth-order valence-corrected chi connectivity index (χ4v) is 3.06. The molecule has 0 heterocycles. The van der Waals surface area contributed by atoms with Gasteiger partial charge in [-0.25, -0.2) is 13.6 Å². The van der Waals surface area contributed by atoms with E-state index < -0.39 is 35.9 Å². The van der Waals surface area contributed by atoms with Crippen LogP contribution in [0.15, 0.2) is 42.5 Å². The zero-order valence-electron chi connectivity index (χ0n) is 13.1. The molecule has 1 aliphatic rings. The van der Waals surface area contributed by atoms with E-state index in [-0.39, 0.29) is 5.56 Å². The minimum atomic E-state index is -0.714. The second-order valence-electron chi connectivity index (χ2n) is 5.95. The minimum absolute atomic E-state index is 0.193. The third kappa shape index (κ3) is 3.23. The SMILES string of the molecule is CC(NC(=O)N[C@H]1c2ccccc2C[C@H]1O)c1ccc(F)cc1F. The maximum atomic E-state index is 13.8. The number of nitrogens with one attached hydrogen (secondary N) is 2. The van der Waals surface area contributed by atoms with Crippen molar-refractivity contribution in [3.8, 4) is 0 Å². The molecular weight excluding hydrogens is 314 g/mol. The highest BCUT2D eigenvalue weighted by Crippen LogP contribution is 2.31. The zero-order valence-corrected chi connectivity index (χ0v) is 13.1. The Kier molecular flexibility index (Phi) is 4.49. The van der Waals surface area contributed by atoms with Gasteiger partial charge in [0.2, 0.25) is 0 Å². The van der Waals surface area contributed by atoms with Crippen molar-refractivity contribution in [3.63, 3.8) is 0 Å². The fourth-order valence-electron chi connectivity index (χ4n) is 3.06. The van der Waals surface area contributed by atoms with E-state index in [0.717, 1.165) is 23.3 Å². The Labute approximate surface area is 138 Å². The Morgan fingerprint density at radius 1 is 1.25 bits per heavy atom. The molecule has 3 rings (SSSR count).